The molecular formula is C62H91N7O16. The maximum atomic E-state index is 14.6. The molecule has 3 saturated heterocycles. The minimum atomic E-state index is -2.26. The zero-order valence-electron chi connectivity index (χ0n) is 50.1. The van der Waals surface area contributed by atoms with E-state index in [1.54, 1.807) is 0 Å². The Morgan fingerprint density at radius 3 is 2.15 bits per heavy atom. The number of ether oxygens (including phenoxy) is 1. The van der Waals surface area contributed by atoms with Gasteiger partial charge in [-0.25, -0.2) is 4.79 Å². The molecule has 7 amide bonds. The number of carbonyl (C=O) groups is 7. The molecule has 85 heavy (non-hydrogen) atoms. The third kappa shape index (κ3) is 13.6. The van der Waals surface area contributed by atoms with E-state index in [0.29, 0.717) is 65.2 Å². The average Bonchev–Trinajstić information content (AvgIpc) is 2.06. The number of phenols is 1. The smallest absolute Gasteiger partial charge is 0.408 e. The number of phenolic OH excluding ortho intramolecular Hbond substituents is 1. The third-order valence-electron chi connectivity index (χ3n) is 20.4. The second-order valence-electron chi connectivity index (χ2n) is 26.3. The number of nitrogens with one attached hydrogen (secondary N) is 5. The first kappa shape index (κ1) is 65.0. The normalized spacial score (nSPS) is 37.5. The van der Waals surface area contributed by atoms with Crippen molar-refractivity contribution >= 4 is 41.5 Å². The highest BCUT2D eigenvalue weighted by Gasteiger charge is 2.57. The molecule has 17 unspecified atom stereocenters. The summed E-state index contributed by atoms with van der Waals surface area (Å²) in [6, 6.07) is -5.59. The number of allylic oxidation sites excluding steroid dienone is 5. The van der Waals surface area contributed by atoms with Gasteiger partial charge in [-0.2, -0.15) is 0 Å². The number of carbonyl (C=O) groups excluding carboxylic acids is 7. The van der Waals surface area contributed by atoms with Gasteiger partial charge in [-0.15, -0.1) is 0 Å². The van der Waals surface area contributed by atoms with Crippen LogP contribution < -0.4 is 26.6 Å². The van der Waals surface area contributed by atoms with Crippen LogP contribution in [0, 0.1) is 52.3 Å². The van der Waals surface area contributed by atoms with Crippen LogP contribution in [0.2, 0.25) is 0 Å². The second kappa shape index (κ2) is 26.6. The van der Waals surface area contributed by atoms with Crippen LogP contribution in [0.15, 0.2) is 59.7 Å². The van der Waals surface area contributed by atoms with Gasteiger partial charge in [-0.05, 0) is 122 Å². The molecule has 0 aromatic heterocycles. The van der Waals surface area contributed by atoms with Crippen LogP contribution in [0.25, 0.3) is 0 Å². The monoisotopic (exact) mass is 1190 g/mol. The van der Waals surface area contributed by atoms with Gasteiger partial charge in [0.15, 0.2) is 6.23 Å². The molecule has 1 aromatic carbocycles. The van der Waals surface area contributed by atoms with E-state index in [0.717, 1.165) is 36.7 Å². The molecule has 23 nitrogen and oxygen atoms in total. The van der Waals surface area contributed by atoms with Gasteiger partial charge in [0.25, 0.3) is 5.91 Å². The van der Waals surface area contributed by atoms with E-state index >= 15 is 0 Å². The summed E-state index contributed by atoms with van der Waals surface area (Å²) in [6.07, 6.45) is 0.671. The number of nitrogens with zero attached hydrogens (tertiary/aromatic N) is 2. The number of benzene rings is 1. The van der Waals surface area contributed by atoms with Gasteiger partial charge in [-0.3, -0.25) is 28.8 Å². The minimum absolute atomic E-state index is 0.110. The molecule has 0 radical (unpaired) electrons. The fourth-order valence-corrected chi connectivity index (χ4v) is 14.9. The molecular weight excluding hydrogens is 1100 g/mol. The Bertz CT molecular complexity index is 2740. The van der Waals surface area contributed by atoms with Gasteiger partial charge in [0, 0.05) is 31.7 Å². The molecule has 7 aliphatic rings. The van der Waals surface area contributed by atoms with E-state index in [4.69, 9.17) is 4.74 Å². The van der Waals surface area contributed by atoms with Crippen molar-refractivity contribution in [2.24, 2.45) is 52.3 Å². The van der Waals surface area contributed by atoms with Gasteiger partial charge >= 0.3 is 6.09 Å². The van der Waals surface area contributed by atoms with Gasteiger partial charge in [-0.1, -0.05) is 96.0 Å². The Balaban J connectivity index is 1.04. The van der Waals surface area contributed by atoms with Crippen LogP contribution in [0.3, 0.4) is 0 Å². The van der Waals surface area contributed by atoms with Crippen LogP contribution >= 0.6 is 0 Å². The Morgan fingerprint density at radius 1 is 0.788 bits per heavy atom. The zero-order chi connectivity index (χ0) is 62.1. The highest BCUT2D eigenvalue weighted by Crippen LogP contribution is 2.66. The summed E-state index contributed by atoms with van der Waals surface area (Å²) >= 11 is 0. The van der Waals surface area contributed by atoms with Crippen molar-refractivity contribution in [2.75, 3.05) is 13.2 Å². The number of rotatable bonds is 11. The summed E-state index contributed by atoms with van der Waals surface area (Å²) < 4.78 is 6.02. The molecule has 0 bridgehead atoms. The van der Waals surface area contributed by atoms with Crippen molar-refractivity contribution in [1.82, 2.24) is 36.4 Å². The number of amides is 7. The Labute approximate surface area is 497 Å². The molecule has 3 heterocycles. The predicted octanol–water partition coefficient (Wildman–Crippen LogP) is 1.29. The lowest BCUT2D eigenvalue weighted by molar-refractivity contribution is -0.152. The molecule has 470 valence electrons. The van der Waals surface area contributed by atoms with Crippen LogP contribution in [-0.4, -0.2) is 185 Å². The molecule has 3 aliphatic heterocycles. The number of aliphatic hydroxyl groups is 7. The van der Waals surface area contributed by atoms with Crippen LogP contribution in [0.5, 0.6) is 5.75 Å². The predicted molar refractivity (Wildman–Crippen MR) is 308 cm³/mol. The first-order valence-corrected chi connectivity index (χ1v) is 30.5. The molecule has 4 aliphatic carbocycles. The van der Waals surface area contributed by atoms with Crippen molar-refractivity contribution in [3.8, 4) is 5.75 Å². The quantitative estimate of drug-likeness (QED) is 0.139. The Morgan fingerprint density at radius 2 is 1.48 bits per heavy atom. The first-order chi connectivity index (χ1) is 40.1. The third-order valence-corrected chi connectivity index (χ3v) is 20.4. The van der Waals surface area contributed by atoms with Gasteiger partial charge in [0.05, 0.1) is 24.9 Å². The van der Waals surface area contributed by atoms with Crippen molar-refractivity contribution in [3.63, 3.8) is 0 Å². The fraction of sp³-hybridized carbons (Fsp3) is 0.694. The average molecular weight is 1190 g/mol. The van der Waals surface area contributed by atoms with Crippen molar-refractivity contribution in [1.29, 1.82) is 0 Å². The molecule has 3 saturated carbocycles. The molecule has 8 rings (SSSR count). The van der Waals surface area contributed by atoms with Gasteiger partial charge in [0.1, 0.15) is 60.4 Å². The Kier molecular flexibility index (Phi) is 20.3. The molecule has 21 atom stereocenters. The second-order valence-corrected chi connectivity index (χ2v) is 26.3. The highest BCUT2D eigenvalue weighted by atomic mass is 16.6. The van der Waals surface area contributed by atoms with E-state index < -0.39 is 140 Å². The molecule has 1 aromatic rings. The SMILES string of the molecule is CC(C)C(C)/C=C/C(C)C1CCC2C3=CC=C4CC(OC(=O)NC5C[C@H](O)[C@@H](O)NC(=O)C6C(O)C(C)CN6C(=O)C(CO)NC(=O)C(C(O)Cc6ccc(O)cc6)NC(=O)C6CCC(O)N6C(=O)C(C(C)O)NC5=O)CC[C@]4(C)C3CC[C@@]21C. The fourth-order valence-electron chi connectivity index (χ4n) is 14.9. The maximum absolute atomic E-state index is 14.6. The van der Waals surface area contributed by atoms with Crippen molar-refractivity contribution in [3.05, 3.63) is 65.3 Å². The molecule has 0 spiro atoms. The van der Waals surface area contributed by atoms with Crippen LogP contribution in [0.4, 0.5) is 4.79 Å². The summed E-state index contributed by atoms with van der Waals surface area (Å²) in [6.45, 7) is 15.1. The number of aromatic hydroxyl groups is 1. The highest BCUT2D eigenvalue weighted by molar-refractivity contribution is 5.98. The zero-order valence-corrected chi connectivity index (χ0v) is 50.1. The largest absolute Gasteiger partial charge is 0.508 e. The van der Waals surface area contributed by atoms with E-state index in [2.05, 4.69) is 92.4 Å². The van der Waals surface area contributed by atoms with Gasteiger partial charge in [0.2, 0.25) is 29.5 Å². The van der Waals surface area contributed by atoms with E-state index in [-0.39, 0.29) is 42.4 Å². The number of hydrogen-bond donors (Lipinski definition) is 13. The first-order valence-electron chi connectivity index (χ1n) is 30.5. The topological polar surface area (TPSA) is 357 Å². The van der Waals surface area contributed by atoms with E-state index in [9.17, 15) is 74.4 Å². The number of fused-ring (bicyclic) bond motifs is 7. The number of alkyl carbamates (subject to hydrolysis) is 1. The number of aliphatic hydroxyl groups excluding tert-OH is 7. The van der Waals surface area contributed by atoms with E-state index in [1.165, 1.54) is 43.2 Å². The summed E-state index contributed by atoms with van der Waals surface area (Å²) in [5, 5.41) is 100. The Hall–Kier alpha value is -5.95. The van der Waals surface area contributed by atoms with Crippen LogP contribution in [-0.2, 0) is 39.9 Å². The lowest BCUT2D eigenvalue weighted by atomic mass is 9.50. The summed E-state index contributed by atoms with van der Waals surface area (Å²) in [7, 11) is 0. The summed E-state index contributed by atoms with van der Waals surface area (Å²) in [4.78, 5) is 102. The lowest BCUT2D eigenvalue weighted by Gasteiger charge is -2.55. The van der Waals surface area contributed by atoms with Crippen molar-refractivity contribution < 1.29 is 79.2 Å². The molecule has 23 heteroatoms. The van der Waals surface area contributed by atoms with Crippen molar-refractivity contribution in [2.45, 2.75) is 205 Å². The summed E-state index contributed by atoms with van der Waals surface area (Å²) in [5.74, 6) is -5.09. The van der Waals surface area contributed by atoms with Crippen LogP contribution in [0.1, 0.15) is 125 Å². The lowest BCUT2D eigenvalue weighted by Crippen LogP contribution is -2.63. The van der Waals surface area contributed by atoms with Gasteiger partial charge < -0.3 is 82.0 Å². The molecule has 6 fully saturated rings. The standard InChI is InChI=1S/C62H91N7O16/c1-30(2)31(3)9-10-32(4)40-17-18-41-39-16-13-36-26-38(21-23-61(36,7)42(39)22-24-62(40,41)8)85-60(84)64-43-27-47(74)55(79)67-57(81)51-52(76)33(5)28-68(51)58(82)44(29-70)63-56(80)50(46(73)25-35-11-14-37(72)15-12-35)66-54(78)45-19-20-48(75)69(45)59(83)49(34(6)71)65-53(43)77/h9-16,30-34,38,40-52,55,70-76,79H,17-29H2,1-8H3,(H,63,80)(H,64,84)(H,65,77)(H,66,78)(H,67,81)/b10-9+/t31?,32?,33?,34?,38?,40?,41?,42?,43?,44?,45?,46?,47-,48?,49?,50?,51?,52?,55+,61-,62+/m0/s1. The minimum Gasteiger partial charge on any atom is -0.508 e. The van der Waals surface area contributed by atoms with E-state index in [1.807, 2.05) is 0 Å². The maximum Gasteiger partial charge on any atom is 0.408 e. The number of hydrogen-bond acceptors (Lipinski definition) is 16. The molecule has 13 N–H and O–H groups in total. The summed E-state index contributed by atoms with van der Waals surface area (Å²) in [5.41, 5.74) is 3.00.